The number of aliphatic imine (C=N–C) groups is 1. The molecule has 1 aromatic heterocycles. The van der Waals surface area contributed by atoms with Crippen LogP contribution in [0.5, 0.6) is 5.75 Å². The normalized spacial score (nSPS) is 14.1. The minimum atomic E-state index is -4.27. The Morgan fingerprint density at radius 2 is 1.56 bits per heavy atom. The number of esters is 1. The molecule has 54 heavy (non-hydrogen) atoms. The number of carbonyl (C=O) groups is 2. The largest absolute Gasteiger partial charge is 0.495 e. The number of benzene rings is 2. The minimum Gasteiger partial charge on any atom is -0.495 e. The summed E-state index contributed by atoms with van der Waals surface area (Å²) in [6.07, 6.45) is 14.5. The molecule has 1 aliphatic heterocycles. The molecule has 1 atom stereocenters. The molecule has 2 N–H and O–H groups in total. The zero-order valence-electron chi connectivity index (χ0n) is 31.5. The molecule has 0 bridgehead atoms. The maximum absolute atomic E-state index is 14.5. The zero-order chi connectivity index (χ0) is 39.1. The van der Waals surface area contributed by atoms with Crippen LogP contribution in [-0.4, -0.2) is 88.9 Å². The van der Waals surface area contributed by atoms with Gasteiger partial charge in [-0.15, -0.1) is 0 Å². The minimum absolute atomic E-state index is 0.0541. The lowest BCUT2D eigenvalue weighted by Gasteiger charge is -2.33. The van der Waals surface area contributed by atoms with Crippen LogP contribution in [0.3, 0.4) is 0 Å². The number of methoxy groups -OCH3 is 2. The molecule has 0 saturated carbocycles. The predicted molar refractivity (Wildman–Crippen MR) is 207 cm³/mol. The molecular weight excluding hydrogens is 737 g/mol. The quantitative estimate of drug-likeness (QED) is 0.0817. The first-order chi connectivity index (χ1) is 25.9. The predicted octanol–water partition coefficient (Wildman–Crippen LogP) is 6.29. The van der Waals surface area contributed by atoms with Gasteiger partial charge in [-0.2, -0.15) is 5.10 Å². The van der Waals surface area contributed by atoms with Crippen LogP contribution in [-0.2, 0) is 34.3 Å². The zero-order valence-corrected chi connectivity index (χ0v) is 33.1. The van der Waals surface area contributed by atoms with Crippen LogP contribution >= 0.6 is 0 Å². The summed E-state index contributed by atoms with van der Waals surface area (Å²) in [5.41, 5.74) is 0.259. The van der Waals surface area contributed by atoms with Crippen molar-refractivity contribution in [2.75, 3.05) is 50.3 Å². The van der Waals surface area contributed by atoms with E-state index in [9.17, 15) is 26.4 Å². The van der Waals surface area contributed by atoms with E-state index in [1.807, 2.05) is 0 Å². The molecule has 0 aliphatic carbocycles. The van der Waals surface area contributed by atoms with Crippen molar-refractivity contribution in [3.8, 4) is 5.75 Å². The number of rotatable bonds is 23. The number of nitrogens with one attached hydrogen (secondary N) is 2. The molecule has 2 aromatic carbocycles. The fraction of sp³-hybridized carbons (Fsp3) is 0.514. The molecule has 15 nitrogen and oxygen atoms in total. The molecule has 0 spiro atoms. The van der Waals surface area contributed by atoms with Gasteiger partial charge in [0.2, 0.25) is 10.0 Å². The number of ether oxygens (including phenoxy) is 3. The van der Waals surface area contributed by atoms with Gasteiger partial charge in [-0.1, -0.05) is 76.8 Å². The van der Waals surface area contributed by atoms with Crippen molar-refractivity contribution in [2.45, 2.75) is 88.5 Å². The highest BCUT2D eigenvalue weighted by Gasteiger charge is 2.42. The summed E-state index contributed by atoms with van der Waals surface area (Å²) < 4.78 is 73.8. The van der Waals surface area contributed by atoms with Crippen molar-refractivity contribution in [3.05, 3.63) is 60.3 Å². The number of amidine groups is 1. The third kappa shape index (κ3) is 11.5. The van der Waals surface area contributed by atoms with Gasteiger partial charge in [0, 0.05) is 25.8 Å². The van der Waals surface area contributed by atoms with E-state index in [4.69, 9.17) is 14.2 Å². The summed E-state index contributed by atoms with van der Waals surface area (Å²) in [4.78, 5) is 31.4. The van der Waals surface area contributed by atoms with E-state index in [0.29, 0.717) is 6.61 Å². The van der Waals surface area contributed by atoms with Crippen molar-refractivity contribution < 1.29 is 40.6 Å². The second kappa shape index (κ2) is 20.3. The molecule has 17 heteroatoms. The summed E-state index contributed by atoms with van der Waals surface area (Å²) in [5.74, 6) is -1.69. The maximum Gasteiger partial charge on any atom is 0.337 e. The number of sulfonamides is 2. The van der Waals surface area contributed by atoms with Crippen LogP contribution in [0, 0.1) is 0 Å². The Hall–Kier alpha value is -4.48. The molecule has 3 aromatic rings. The van der Waals surface area contributed by atoms with Crippen molar-refractivity contribution >= 4 is 55.0 Å². The van der Waals surface area contributed by atoms with Crippen molar-refractivity contribution in [1.29, 1.82) is 0 Å². The van der Waals surface area contributed by atoms with E-state index in [1.165, 1.54) is 102 Å². The number of aromatic nitrogens is 2. The SMILES string of the molecule is CCCCCCCCCCCCOCCCN1C(C(C(=O)Nc2cc(C(=O)OC)ccc2OC)n2nccc2NS(C)(=O)=O)=Nc2ccccc2S1(=O)=O. The smallest absolute Gasteiger partial charge is 0.337 e. The van der Waals surface area contributed by atoms with Crippen LogP contribution < -0.4 is 14.8 Å². The van der Waals surface area contributed by atoms with Gasteiger partial charge in [-0.05, 0) is 43.2 Å². The number of fused-ring (bicyclic) bond motifs is 1. The van der Waals surface area contributed by atoms with Gasteiger partial charge in [0.25, 0.3) is 15.9 Å². The van der Waals surface area contributed by atoms with Gasteiger partial charge >= 0.3 is 5.97 Å². The van der Waals surface area contributed by atoms with Crippen LogP contribution in [0.4, 0.5) is 17.2 Å². The van der Waals surface area contributed by atoms with Crippen molar-refractivity contribution in [2.24, 2.45) is 4.99 Å². The first-order valence-electron chi connectivity index (χ1n) is 18.3. The molecule has 1 amide bonds. The molecule has 296 valence electrons. The molecule has 0 saturated heterocycles. The Kier molecular flexibility index (Phi) is 15.9. The molecule has 1 aliphatic rings. The van der Waals surface area contributed by atoms with Crippen LogP contribution in [0.15, 0.2) is 64.6 Å². The standard InChI is InChI=1S/C37H52N6O9S2/c1-5-6-7-8-9-10-11-12-13-16-25-52-26-17-24-42-35(39-29-18-14-15-19-32(29)54(42,48)49)34(43-33(22-23-38-43)41-53(4,46)47)36(44)40-30-27-28(37(45)51-3)20-21-31(30)50-2/h14-15,18-23,27,34,41H,5-13,16-17,24-26H2,1-4H3,(H,40,44). The van der Waals surface area contributed by atoms with E-state index in [-0.39, 0.29) is 58.8 Å². The topological polar surface area (TPSA) is 188 Å². The number of nitrogens with zero attached hydrogens (tertiary/aromatic N) is 4. The third-order valence-corrected chi connectivity index (χ3v) is 11.2. The second-order valence-corrected chi connectivity index (χ2v) is 16.6. The maximum atomic E-state index is 14.5. The van der Waals surface area contributed by atoms with Crippen molar-refractivity contribution in [3.63, 3.8) is 0 Å². The summed E-state index contributed by atoms with van der Waals surface area (Å²) in [5, 5.41) is 6.96. The fourth-order valence-corrected chi connectivity index (χ4v) is 8.27. The Labute approximate surface area is 318 Å². The monoisotopic (exact) mass is 788 g/mol. The van der Waals surface area contributed by atoms with Gasteiger partial charge in [0.15, 0.2) is 11.9 Å². The first-order valence-corrected chi connectivity index (χ1v) is 21.6. The average molecular weight is 789 g/mol. The number of unbranched alkanes of at least 4 members (excludes halogenated alkanes) is 9. The van der Waals surface area contributed by atoms with E-state index in [1.54, 1.807) is 12.1 Å². The van der Waals surface area contributed by atoms with Gasteiger partial charge < -0.3 is 19.5 Å². The lowest BCUT2D eigenvalue weighted by atomic mass is 10.1. The van der Waals surface area contributed by atoms with Gasteiger partial charge in [0.1, 0.15) is 16.5 Å². The first kappa shape index (κ1) is 42.3. The lowest BCUT2D eigenvalue weighted by molar-refractivity contribution is -0.117. The molecule has 2 heterocycles. The summed E-state index contributed by atoms with van der Waals surface area (Å²) >= 11 is 0. The van der Waals surface area contributed by atoms with E-state index >= 15 is 0 Å². The van der Waals surface area contributed by atoms with Gasteiger partial charge in [-0.3, -0.25) is 13.8 Å². The van der Waals surface area contributed by atoms with Crippen LogP contribution in [0.1, 0.15) is 94.0 Å². The highest BCUT2D eigenvalue weighted by molar-refractivity contribution is 7.92. The summed E-state index contributed by atoms with van der Waals surface area (Å²) in [7, 11) is -5.56. The number of para-hydroxylation sites is 1. The number of amides is 1. The highest BCUT2D eigenvalue weighted by Crippen LogP contribution is 2.36. The number of hydrogen-bond donors (Lipinski definition) is 2. The fourth-order valence-electron chi connectivity index (χ4n) is 6.10. The van der Waals surface area contributed by atoms with Gasteiger partial charge in [0.05, 0.1) is 43.6 Å². The summed E-state index contributed by atoms with van der Waals surface area (Å²) in [6, 6.07) is 10.1. The molecule has 0 radical (unpaired) electrons. The van der Waals surface area contributed by atoms with Crippen molar-refractivity contribution in [1.82, 2.24) is 14.1 Å². The molecular formula is C37H52N6O9S2. The number of anilines is 2. The van der Waals surface area contributed by atoms with Gasteiger partial charge in [-0.25, -0.2) is 31.3 Å². The van der Waals surface area contributed by atoms with Crippen LogP contribution in [0.25, 0.3) is 0 Å². The second-order valence-electron chi connectivity index (χ2n) is 13.0. The number of hydrogen-bond acceptors (Lipinski definition) is 11. The Morgan fingerprint density at radius 3 is 2.22 bits per heavy atom. The Bertz CT molecular complexity index is 1960. The average Bonchev–Trinajstić information content (AvgIpc) is 3.58. The molecule has 1 unspecified atom stereocenters. The van der Waals surface area contributed by atoms with Crippen LogP contribution in [0.2, 0.25) is 0 Å². The highest BCUT2D eigenvalue weighted by atomic mass is 32.2. The summed E-state index contributed by atoms with van der Waals surface area (Å²) in [6.45, 7) is 2.92. The van der Waals surface area contributed by atoms with E-state index < -0.39 is 38.0 Å². The molecule has 0 fully saturated rings. The number of carbonyl (C=O) groups excluding carboxylic acids is 2. The lowest BCUT2D eigenvalue weighted by Crippen LogP contribution is -2.48. The third-order valence-electron chi connectivity index (χ3n) is 8.79. The van der Waals surface area contributed by atoms with E-state index in [0.717, 1.165) is 34.5 Å². The Morgan fingerprint density at radius 1 is 0.889 bits per heavy atom. The van der Waals surface area contributed by atoms with E-state index in [2.05, 4.69) is 27.1 Å². The molecule has 4 rings (SSSR count). The Balaban J connectivity index is 1.59.